The Hall–Kier alpha value is -0.860. The molecule has 1 atom stereocenters. The Morgan fingerprint density at radius 1 is 1.26 bits per heavy atom. The maximum Gasteiger partial charge on any atom is 0.193 e. The Kier molecular flexibility index (Phi) is 7.10. The maximum atomic E-state index is 11.0. The Morgan fingerprint density at radius 3 is 2.65 bits per heavy atom. The zero-order valence-electron chi connectivity index (χ0n) is 14.3. The summed E-state index contributed by atoms with van der Waals surface area (Å²) in [6.07, 6.45) is 5.08. The van der Waals surface area contributed by atoms with Crippen molar-refractivity contribution < 1.29 is 13.2 Å². The lowest BCUT2D eigenvalue weighted by Gasteiger charge is -2.25. The minimum absolute atomic E-state index is 0.0748. The molecular formula is C15H30N4O3S. The minimum Gasteiger partial charge on any atom is -0.379 e. The normalized spacial score (nSPS) is 23.7. The van der Waals surface area contributed by atoms with Gasteiger partial charge in [0.1, 0.15) is 9.84 Å². The molecule has 23 heavy (non-hydrogen) atoms. The van der Waals surface area contributed by atoms with E-state index in [9.17, 15) is 8.42 Å². The van der Waals surface area contributed by atoms with Crippen molar-refractivity contribution in [3.8, 4) is 0 Å². The summed E-state index contributed by atoms with van der Waals surface area (Å²) in [5, 5.41) is 3.30. The van der Waals surface area contributed by atoms with Crippen LogP contribution >= 0.6 is 0 Å². The summed E-state index contributed by atoms with van der Waals surface area (Å²) in [7, 11) is -1.14. The fourth-order valence-electron chi connectivity index (χ4n) is 3.22. The third-order valence-electron chi connectivity index (χ3n) is 4.46. The van der Waals surface area contributed by atoms with E-state index >= 15 is 0 Å². The number of aliphatic imine (C=N–C) groups is 1. The molecule has 2 saturated heterocycles. The van der Waals surface area contributed by atoms with E-state index in [0.29, 0.717) is 19.2 Å². The van der Waals surface area contributed by atoms with Crippen LogP contribution in [0.2, 0.25) is 0 Å². The molecule has 2 fully saturated rings. The molecule has 0 saturated carbocycles. The summed E-state index contributed by atoms with van der Waals surface area (Å²) in [5.41, 5.74) is 0. The summed E-state index contributed by atoms with van der Waals surface area (Å²) in [6.45, 7) is 5.92. The average Bonchev–Trinajstić information content (AvgIpc) is 3.16. The van der Waals surface area contributed by atoms with Crippen molar-refractivity contribution in [2.75, 3.05) is 65.0 Å². The van der Waals surface area contributed by atoms with Crippen LogP contribution in [-0.2, 0) is 14.6 Å². The molecule has 0 radical (unpaired) electrons. The predicted molar refractivity (Wildman–Crippen MR) is 92.7 cm³/mol. The van der Waals surface area contributed by atoms with Crippen LogP contribution in [-0.4, -0.2) is 95.2 Å². The number of nitrogens with zero attached hydrogens (tertiary/aromatic N) is 3. The lowest BCUT2D eigenvalue weighted by atomic mass is 10.2. The largest absolute Gasteiger partial charge is 0.379 e. The van der Waals surface area contributed by atoms with Gasteiger partial charge in [-0.05, 0) is 32.4 Å². The van der Waals surface area contributed by atoms with Crippen molar-refractivity contribution in [2.45, 2.75) is 25.3 Å². The number of nitrogens with one attached hydrogen (secondary N) is 1. The third kappa shape index (κ3) is 6.27. The maximum absolute atomic E-state index is 11.0. The number of hydrogen-bond donors (Lipinski definition) is 1. The second kappa shape index (κ2) is 8.84. The lowest BCUT2D eigenvalue weighted by molar-refractivity contribution is 0.153. The molecule has 0 bridgehead atoms. The first-order chi connectivity index (χ1) is 11.0. The van der Waals surface area contributed by atoms with Gasteiger partial charge in [-0.15, -0.1) is 0 Å². The Balaban J connectivity index is 1.64. The van der Waals surface area contributed by atoms with Gasteiger partial charge in [-0.1, -0.05) is 0 Å². The van der Waals surface area contributed by atoms with Crippen LogP contribution in [0, 0.1) is 0 Å². The first-order valence-electron chi connectivity index (χ1n) is 8.45. The van der Waals surface area contributed by atoms with Crippen LogP contribution in [0.3, 0.4) is 0 Å². The number of hydrogen-bond acceptors (Lipinski definition) is 5. The van der Waals surface area contributed by atoms with Gasteiger partial charge in [-0.3, -0.25) is 9.89 Å². The molecule has 2 aliphatic rings. The molecule has 0 aliphatic carbocycles. The number of guanidine groups is 1. The molecule has 134 valence electrons. The molecule has 1 N–H and O–H groups in total. The van der Waals surface area contributed by atoms with Gasteiger partial charge < -0.3 is 15.0 Å². The zero-order valence-corrected chi connectivity index (χ0v) is 15.1. The smallest absolute Gasteiger partial charge is 0.193 e. The van der Waals surface area contributed by atoms with Gasteiger partial charge in [-0.2, -0.15) is 0 Å². The van der Waals surface area contributed by atoms with Gasteiger partial charge >= 0.3 is 0 Å². The van der Waals surface area contributed by atoms with Crippen LogP contribution in [0.5, 0.6) is 0 Å². The van der Waals surface area contributed by atoms with Crippen molar-refractivity contribution in [2.24, 2.45) is 4.99 Å². The topological polar surface area (TPSA) is 74.2 Å². The van der Waals surface area contributed by atoms with Gasteiger partial charge in [0.25, 0.3) is 0 Å². The summed E-state index contributed by atoms with van der Waals surface area (Å²) in [6, 6.07) is 0.655. The van der Waals surface area contributed by atoms with Crippen LogP contribution in [0.1, 0.15) is 19.3 Å². The summed E-state index contributed by atoms with van der Waals surface area (Å²) >= 11 is 0. The highest BCUT2D eigenvalue weighted by Crippen LogP contribution is 2.20. The molecule has 0 aromatic carbocycles. The fraction of sp³-hybridized carbons (Fsp3) is 0.933. The van der Waals surface area contributed by atoms with Crippen molar-refractivity contribution >= 4 is 15.8 Å². The number of sulfone groups is 1. The number of ether oxygens (including phenoxy) is 1. The highest BCUT2D eigenvalue weighted by atomic mass is 32.2. The van der Waals surface area contributed by atoms with E-state index in [-0.39, 0.29) is 12.4 Å². The first kappa shape index (κ1) is 18.5. The van der Waals surface area contributed by atoms with E-state index in [4.69, 9.17) is 4.74 Å². The lowest BCUT2D eigenvalue weighted by Crippen LogP contribution is -2.43. The van der Waals surface area contributed by atoms with Gasteiger partial charge in [0.2, 0.25) is 0 Å². The second-order valence-electron chi connectivity index (χ2n) is 6.35. The Labute approximate surface area is 140 Å². The molecule has 2 rings (SSSR count). The standard InChI is InChI=1S/C15H30N4O3S/c1-16-15(17-6-10-22-11-12-23(2,20)21)19-9-5-14(13-19)18-7-3-4-8-18/h14H,3-13H2,1-2H3,(H,16,17). The minimum atomic E-state index is -2.94. The predicted octanol–water partition coefficient (Wildman–Crippen LogP) is -0.207. The summed E-state index contributed by atoms with van der Waals surface area (Å²) < 4.78 is 27.4. The fourth-order valence-corrected chi connectivity index (χ4v) is 3.64. The van der Waals surface area contributed by atoms with E-state index in [1.54, 1.807) is 7.05 Å². The summed E-state index contributed by atoms with van der Waals surface area (Å²) in [5.74, 6) is 0.990. The van der Waals surface area contributed by atoms with Gasteiger partial charge in [0, 0.05) is 39.0 Å². The van der Waals surface area contributed by atoms with E-state index in [1.165, 1.54) is 38.6 Å². The molecule has 1 unspecified atom stereocenters. The highest BCUT2D eigenvalue weighted by Gasteiger charge is 2.30. The molecule has 8 heteroatoms. The molecule has 7 nitrogen and oxygen atoms in total. The highest BCUT2D eigenvalue weighted by molar-refractivity contribution is 7.90. The van der Waals surface area contributed by atoms with E-state index < -0.39 is 9.84 Å². The molecule has 2 heterocycles. The second-order valence-corrected chi connectivity index (χ2v) is 8.61. The van der Waals surface area contributed by atoms with Gasteiger partial charge in [0.05, 0.1) is 19.0 Å². The monoisotopic (exact) mass is 346 g/mol. The van der Waals surface area contributed by atoms with Crippen LogP contribution in [0.15, 0.2) is 4.99 Å². The first-order valence-corrected chi connectivity index (χ1v) is 10.5. The molecular weight excluding hydrogens is 316 g/mol. The van der Waals surface area contributed by atoms with E-state index in [0.717, 1.165) is 19.0 Å². The van der Waals surface area contributed by atoms with Crippen molar-refractivity contribution in [3.63, 3.8) is 0 Å². The van der Waals surface area contributed by atoms with Gasteiger partial charge in [0.15, 0.2) is 5.96 Å². The molecule has 0 amide bonds. The van der Waals surface area contributed by atoms with Crippen LogP contribution < -0.4 is 5.32 Å². The summed E-state index contributed by atoms with van der Waals surface area (Å²) in [4.78, 5) is 9.25. The number of rotatable bonds is 7. The van der Waals surface area contributed by atoms with Crippen molar-refractivity contribution in [1.82, 2.24) is 15.1 Å². The average molecular weight is 346 g/mol. The Bertz CT molecular complexity index is 489. The quantitative estimate of drug-likeness (QED) is 0.391. The van der Waals surface area contributed by atoms with Crippen LogP contribution in [0.25, 0.3) is 0 Å². The SMILES string of the molecule is CN=C(NCCOCCS(C)(=O)=O)N1CCC(N2CCCC2)C1. The van der Waals surface area contributed by atoms with E-state index in [2.05, 4.69) is 20.1 Å². The third-order valence-corrected chi connectivity index (χ3v) is 5.37. The van der Waals surface area contributed by atoms with Crippen LogP contribution in [0.4, 0.5) is 0 Å². The Morgan fingerprint density at radius 2 is 2.00 bits per heavy atom. The molecule has 0 aromatic rings. The van der Waals surface area contributed by atoms with E-state index in [1.807, 2.05) is 0 Å². The zero-order chi connectivity index (χ0) is 16.7. The molecule has 0 aromatic heterocycles. The molecule has 0 spiro atoms. The van der Waals surface area contributed by atoms with Gasteiger partial charge in [-0.25, -0.2) is 8.42 Å². The van der Waals surface area contributed by atoms with Crippen molar-refractivity contribution in [1.29, 1.82) is 0 Å². The number of likely N-dealkylation sites (tertiary alicyclic amines) is 2. The van der Waals surface area contributed by atoms with Crippen molar-refractivity contribution in [3.05, 3.63) is 0 Å². The molecule has 2 aliphatic heterocycles.